The maximum Gasteiger partial charge on any atom is 0.223 e. The average Bonchev–Trinajstić information content (AvgIpc) is 3.17. The van der Waals surface area contributed by atoms with Gasteiger partial charge in [-0.15, -0.1) is 0 Å². The molecule has 22 heteroatoms. The molecule has 0 aromatic heterocycles. The van der Waals surface area contributed by atoms with Gasteiger partial charge in [-0.05, 0) is 54.4 Å². The van der Waals surface area contributed by atoms with Crippen molar-refractivity contribution in [1.29, 1.82) is 0 Å². The van der Waals surface area contributed by atoms with Crippen LogP contribution in [0.15, 0.2) is 0 Å². The van der Waals surface area contributed by atoms with Crippen LogP contribution in [0.5, 0.6) is 0 Å². The fourth-order valence-corrected chi connectivity index (χ4v) is 7.56. The number of carbonyl (C=O) groups excluding carboxylic acids is 2. The molecule has 0 bridgehead atoms. The van der Waals surface area contributed by atoms with Gasteiger partial charge in [0.05, 0.1) is 42.5 Å². The summed E-state index contributed by atoms with van der Waals surface area (Å²) in [6.07, 6.45) is -24.6. The fourth-order valence-electron chi connectivity index (χ4n) is 7.56. The quantitative estimate of drug-likeness (QED) is 0.0551. The number of ether oxygens (including phenoxy) is 9. The number of amides is 2. The number of hydrogen-bond acceptors (Lipinski definition) is 20. The number of aliphatic hydroxyl groups is 8. The highest BCUT2D eigenvalue weighted by Gasteiger charge is 2.54. The lowest BCUT2D eigenvalue weighted by Gasteiger charge is -2.49. The standard InChI is InChI=1S/C38H69N3O19/c1-16-22(41-21(43)15-38(5,6)51)26(47)32(52-7)37(54-16)59-31-25(46)19(4)55-34(29(31)50)58-30-24(45)18(3)56-35(28(30)49)60-33-27(48)23(44)17(2)57-36(33)53-14-10-8-9-11-20(42)40-13-12-39/h16-19,22-37,44-51H,8-15,39H2,1-7H3,(H,40,42)(H,41,43)/t16-,17+,18+,19+,22-,23+,24+,25+,26+,27-,28-,29-,30-,31-,32-,33-,34+,35+,36-,37+/m1/s1. The fraction of sp³-hybridized carbons (Fsp3) is 0.947. The topological polar surface area (TPSA) is 329 Å². The summed E-state index contributed by atoms with van der Waals surface area (Å²) >= 11 is 0. The van der Waals surface area contributed by atoms with E-state index < -0.39 is 134 Å². The Hall–Kier alpha value is -1.78. The molecular formula is C38H69N3O19. The highest BCUT2D eigenvalue weighted by atomic mass is 16.8. The van der Waals surface area contributed by atoms with Crippen molar-refractivity contribution in [3.63, 3.8) is 0 Å². The minimum absolute atomic E-state index is 0.110. The Labute approximate surface area is 349 Å². The van der Waals surface area contributed by atoms with E-state index in [1.807, 2.05) is 0 Å². The van der Waals surface area contributed by atoms with E-state index >= 15 is 0 Å². The molecule has 2 amide bonds. The molecule has 4 saturated heterocycles. The largest absolute Gasteiger partial charge is 0.390 e. The molecular weight excluding hydrogens is 802 g/mol. The lowest BCUT2D eigenvalue weighted by Crippen LogP contribution is -2.67. The van der Waals surface area contributed by atoms with Gasteiger partial charge >= 0.3 is 0 Å². The zero-order valence-electron chi connectivity index (χ0n) is 35.3. The Morgan fingerprint density at radius 3 is 1.68 bits per heavy atom. The molecule has 4 fully saturated rings. The van der Waals surface area contributed by atoms with Gasteiger partial charge in [0.2, 0.25) is 11.8 Å². The molecule has 0 unspecified atom stereocenters. The number of aliphatic hydroxyl groups excluding tert-OH is 7. The summed E-state index contributed by atoms with van der Waals surface area (Å²) in [6, 6.07) is -0.981. The Morgan fingerprint density at radius 2 is 1.13 bits per heavy atom. The summed E-state index contributed by atoms with van der Waals surface area (Å²) in [5, 5.41) is 93.6. The van der Waals surface area contributed by atoms with Crippen LogP contribution >= 0.6 is 0 Å². The van der Waals surface area contributed by atoms with Crippen LogP contribution in [-0.2, 0) is 52.2 Å². The van der Waals surface area contributed by atoms with Crippen molar-refractivity contribution in [2.75, 3.05) is 26.8 Å². The molecule has 0 saturated carbocycles. The van der Waals surface area contributed by atoms with Crippen LogP contribution in [0.3, 0.4) is 0 Å². The summed E-state index contributed by atoms with van der Waals surface area (Å²) in [4.78, 5) is 24.4. The Bertz CT molecular complexity index is 1330. The average molecular weight is 872 g/mol. The second-order valence-electron chi connectivity index (χ2n) is 16.7. The van der Waals surface area contributed by atoms with Gasteiger partial charge in [-0.2, -0.15) is 0 Å². The molecule has 4 rings (SSSR count). The molecule has 12 N–H and O–H groups in total. The SMILES string of the molecule is CO[C@H]1[C@H](O[C@@H]2[C@@H](O)[C@H](C)O[C@@H](O[C@@H]3[C@@H](O)[C@H](C)O[C@@H](O[C@H]4[C@H](OCCCCCC(=O)NCCN)O[C@@H](C)[C@H](O)[C@H]4O)[C@@H]3O)[C@@H]2O)O[C@H](C)[C@@H](NC(=O)CC(C)(C)O)[C@@H]1O. The predicted octanol–water partition coefficient (Wildman–Crippen LogP) is -4.04. The van der Waals surface area contributed by atoms with E-state index in [0.717, 1.165) is 0 Å². The second kappa shape index (κ2) is 22.7. The maximum absolute atomic E-state index is 12.6. The molecule has 0 aromatic carbocycles. The molecule has 0 spiro atoms. The summed E-state index contributed by atoms with van der Waals surface area (Å²) in [5.41, 5.74) is 4.10. The second-order valence-corrected chi connectivity index (χ2v) is 16.7. The number of unbranched alkanes of at least 4 members (excludes halogenated alkanes) is 2. The number of hydrogen-bond donors (Lipinski definition) is 11. The number of nitrogens with one attached hydrogen (secondary N) is 2. The lowest BCUT2D eigenvalue weighted by molar-refractivity contribution is -0.387. The molecule has 0 aliphatic carbocycles. The lowest BCUT2D eigenvalue weighted by atomic mass is 9.94. The summed E-state index contributed by atoms with van der Waals surface area (Å²) in [7, 11) is 1.27. The van der Waals surface area contributed by atoms with Crippen molar-refractivity contribution in [1.82, 2.24) is 10.6 Å². The minimum atomic E-state index is -1.80. The van der Waals surface area contributed by atoms with Gasteiger partial charge in [-0.3, -0.25) is 9.59 Å². The predicted molar refractivity (Wildman–Crippen MR) is 204 cm³/mol. The first-order chi connectivity index (χ1) is 28.2. The van der Waals surface area contributed by atoms with Crippen molar-refractivity contribution >= 4 is 11.8 Å². The van der Waals surface area contributed by atoms with E-state index in [-0.39, 0.29) is 18.9 Å². The zero-order chi connectivity index (χ0) is 44.6. The Kier molecular flexibility index (Phi) is 19.3. The molecule has 4 aliphatic heterocycles. The molecule has 4 heterocycles. The zero-order valence-corrected chi connectivity index (χ0v) is 35.3. The van der Waals surface area contributed by atoms with Crippen LogP contribution in [-0.4, -0.2) is 208 Å². The van der Waals surface area contributed by atoms with Crippen molar-refractivity contribution in [3.8, 4) is 0 Å². The molecule has 0 radical (unpaired) electrons. The highest BCUT2D eigenvalue weighted by molar-refractivity contribution is 5.77. The van der Waals surface area contributed by atoms with Gasteiger partial charge in [0.15, 0.2) is 25.2 Å². The molecule has 4 aliphatic rings. The van der Waals surface area contributed by atoms with Gasteiger partial charge in [0, 0.05) is 33.2 Å². The smallest absolute Gasteiger partial charge is 0.223 e. The van der Waals surface area contributed by atoms with Crippen LogP contribution < -0.4 is 16.4 Å². The maximum atomic E-state index is 12.6. The van der Waals surface area contributed by atoms with E-state index in [1.54, 1.807) is 6.92 Å². The van der Waals surface area contributed by atoms with E-state index in [1.165, 1.54) is 41.7 Å². The number of nitrogens with two attached hydrogens (primary N) is 1. The first-order valence-electron chi connectivity index (χ1n) is 20.7. The van der Waals surface area contributed by atoms with Crippen molar-refractivity contribution in [2.24, 2.45) is 5.73 Å². The molecule has 350 valence electrons. The van der Waals surface area contributed by atoms with E-state index in [0.29, 0.717) is 38.8 Å². The van der Waals surface area contributed by atoms with Crippen LogP contribution in [0.4, 0.5) is 0 Å². The van der Waals surface area contributed by atoms with Gasteiger partial charge < -0.3 is 99.9 Å². The number of carbonyl (C=O) groups is 2. The Balaban J connectivity index is 1.41. The van der Waals surface area contributed by atoms with E-state index in [9.17, 15) is 50.4 Å². The third kappa shape index (κ3) is 13.1. The van der Waals surface area contributed by atoms with Crippen LogP contribution in [0.2, 0.25) is 0 Å². The normalized spacial score (nSPS) is 42.7. The van der Waals surface area contributed by atoms with E-state index in [4.69, 9.17) is 48.4 Å². The molecule has 60 heavy (non-hydrogen) atoms. The highest BCUT2D eigenvalue weighted by Crippen LogP contribution is 2.35. The minimum Gasteiger partial charge on any atom is -0.390 e. The third-order valence-corrected chi connectivity index (χ3v) is 11.0. The van der Waals surface area contributed by atoms with Crippen LogP contribution in [0, 0.1) is 0 Å². The number of methoxy groups -OCH3 is 1. The molecule has 22 nitrogen and oxygen atoms in total. The van der Waals surface area contributed by atoms with Gasteiger partial charge in [-0.1, -0.05) is 6.42 Å². The summed E-state index contributed by atoms with van der Waals surface area (Å²) < 4.78 is 52.8. The first kappa shape index (κ1) is 50.9. The van der Waals surface area contributed by atoms with E-state index in [2.05, 4.69) is 10.6 Å². The van der Waals surface area contributed by atoms with Gasteiger partial charge in [0.25, 0.3) is 0 Å². The third-order valence-electron chi connectivity index (χ3n) is 11.0. The molecule has 20 atom stereocenters. The first-order valence-corrected chi connectivity index (χ1v) is 20.7. The number of rotatable bonds is 19. The van der Waals surface area contributed by atoms with Crippen LogP contribution in [0.25, 0.3) is 0 Å². The summed E-state index contributed by atoms with van der Waals surface area (Å²) in [6.45, 7) is 9.82. The van der Waals surface area contributed by atoms with Crippen molar-refractivity contribution < 1.29 is 93.1 Å². The molecule has 0 aromatic rings. The monoisotopic (exact) mass is 871 g/mol. The van der Waals surface area contributed by atoms with Crippen LogP contribution in [0.1, 0.15) is 73.6 Å². The summed E-state index contributed by atoms with van der Waals surface area (Å²) in [5.74, 6) is -0.657. The van der Waals surface area contributed by atoms with Gasteiger partial charge in [-0.25, -0.2) is 0 Å². The van der Waals surface area contributed by atoms with Gasteiger partial charge in [0.1, 0.15) is 67.1 Å². The van der Waals surface area contributed by atoms with Crippen molar-refractivity contribution in [3.05, 3.63) is 0 Å². The Morgan fingerprint density at radius 1 is 0.617 bits per heavy atom. The van der Waals surface area contributed by atoms with Crippen molar-refractivity contribution in [2.45, 2.75) is 202 Å².